The molecule has 1 aromatic heterocycles. The molecular weight excluding hydrogens is 246 g/mol. The van der Waals surface area contributed by atoms with Crippen molar-refractivity contribution in [3.05, 3.63) is 52.8 Å². The van der Waals surface area contributed by atoms with Gasteiger partial charge in [0.05, 0.1) is 11.2 Å². The summed E-state index contributed by atoms with van der Waals surface area (Å²) in [7, 11) is 0. The highest BCUT2D eigenvalue weighted by Crippen LogP contribution is 2.31. The second-order valence-electron chi connectivity index (χ2n) is 4.58. The number of aryl methyl sites for hydroxylation is 1. The lowest BCUT2D eigenvalue weighted by molar-refractivity contribution is 0.480. The molecule has 0 bridgehead atoms. The summed E-state index contributed by atoms with van der Waals surface area (Å²) in [6.45, 7) is 6.21. The first kappa shape index (κ1) is 12.9. The van der Waals surface area contributed by atoms with Gasteiger partial charge in [0.15, 0.2) is 0 Å². The molecule has 2 rings (SSSR count). The van der Waals surface area contributed by atoms with E-state index in [2.05, 4.69) is 18.8 Å². The van der Waals surface area contributed by atoms with Gasteiger partial charge in [-0.1, -0.05) is 31.5 Å². The zero-order valence-electron chi connectivity index (χ0n) is 10.8. The van der Waals surface area contributed by atoms with E-state index in [1.807, 2.05) is 37.3 Å². The number of aromatic nitrogens is 1. The van der Waals surface area contributed by atoms with Crippen molar-refractivity contribution < 1.29 is 4.74 Å². The van der Waals surface area contributed by atoms with Crippen LogP contribution in [0, 0.1) is 6.92 Å². The average Bonchev–Trinajstić information content (AvgIpc) is 2.34. The van der Waals surface area contributed by atoms with Crippen molar-refractivity contribution in [3.63, 3.8) is 0 Å². The number of pyridine rings is 1. The molecule has 3 heteroatoms. The van der Waals surface area contributed by atoms with Gasteiger partial charge in [-0.25, -0.2) is 0 Å². The molecule has 0 aliphatic heterocycles. The Labute approximate surface area is 113 Å². The van der Waals surface area contributed by atoms with Gasteiger partial charge in [-0.2, -0.15) is 0 Å². The fourth-order valence-electron chi connectivity index (χ4n) is 1.60. The second-order valence-corrected chi connectivity index (χ2v) is 4.99. The van der Waals surface area contributed by atoms with Crippen molar-refractivity contribution >= 4 is 11.6 Å². The van der Waals surface area contributed by atoms with E-state index in [4.69, 9.17) is 16.3 Å². The molecule has 2 aromatic rings. The number of benzene rings is 1. The fourth-order valence-corrected chi connectivity index (χ4v) is 1.83. The predicted octanol–water partition coefficient (Wildman–Crippen LogP) is 4.96. The predicted molar refractivity (Wildman–Crippen MR) is 74.6 cm³/mol. The molecule has 0 radical (unpaired) electrons. The first-order valence-corrected chi connectivity index (χ1v) is 6.34. The first-order valence-electron chi connectivity index (χ1n) is 5.96. The summed E-state index contributed by atoms with van der Waals surface area (Å²) in [5.74, 6) is 1.81. The largest absolute Gasteiger partial charge is 0.454 e. The van der Waals surface area contributed by atoms with Gasteiger partial charge < -0.3 is 4.74 Å². The minimum absolute atomic E-state index is 0.456. The van der Waals surface area contributed by atoms with Gasteiger partial charge >= 0.3 is 0 Å². The Balaban J connectivity index is 2.22. The summed E-state index contributed by atoms with van der Waals surface area (Å²) < 4.78 is 5.70. The molecule has 0 saturated heterocycles. The SMILES string of the molecule is Cc1ccc(Oc2ccc(C(C)C)cc2Cl)cn1. The van der Waals surface area contributed by atoms with Gasteiger partial charge in [-0.05, 0) is 42.7 Å². The molecule has 1 heterocycles. The summed E-state index contributed by atoms with van der Waals surface area (Å²) >= 11 is 6.21. The molecule has 0 aliphatic carbocycles. The van der Waals surface area contributed by atoms with Crippen LogP contribution in [-0.2, 0) is 0 Å². The van der Waals surface area contributed by atoms with Gasteiger partial charge in [-0.15, -0.1) is 0 Å². The molecule has 94 valence electrons. The zero-order valence-corrected chi connectivity index (χ0v) is 11.5. The van der Waals surface area contributed by atoms with Crippen LogP contribution in [0.3, 0.4) is 0 Å². The molecule has 0 spiro atoms. The van der Waals surface area contributed by atoms with E-state index in [1.165, 1.54) is 5.56 Å². The summed E-state index contributed by atoms with van der Waals surface area (Å²) in [6, 6.07) is 9.68. The molecule has 1 aromatic carbocycles. The molecule has 0 N–H and O–H groups in total. The van der Waals surface area contributed by atoms with Crippen molar-refractivity contribution in [2.45, 2.75) is 26.7 Å². The second kappa shape index (κ2) is 5.40. The minimum Gasteiger partial charge on any atom is -0.454 e. The number of rotatable bonds is 3. The van der Waals surface area contributed by atoms with E-state index in [9.17, 15) is 0 Å². The van der Waals surface area contributed by atoms with Crippen LogP contribution >= 0.6 is 11.6 Å². The third kappa shape index (κ3) is 3.02. The lowest BCUT2D eigenvalue weighted by Crippen LogP contribution is -1.91. The highest BCUT2D eigenvalue weighted by Gasteiger charge is 2.06. The van der Waals surface area contributed by atoms with Crippen molar-refractivity contribution in [1.82, 2.24) is 4.98 Å². The minimum atomic E-state index is 0.456. The Morgan fingerprint density at radius 2 is 1.94 bits per heavy atom. The number of nitrogens with zero attached hydrogens (tertiary/aromatic N) is 1. The van der Waals surface area contributed by atoms with Crippen LogP contribution in [0.5, 0.6) is 11.5 Å². The number of hydrogen-bond donors (Lipinski definition) is 0. The topological polar surface area (TPSA) is 22.1 Å². The maximum absolute atomic E-state index is 6.21. The Bertz CT molecular complexity index is 535. The molecule has 0 amide bonds. The zero-order chi connectivity index (χ0) is 13.1. The maximum Gasteiger partial charge on any atom is 0.146 e. The fraction of sp³-hybridized carbons (Fsp3) is 0.267. The summed E-state index contributed by atoms with van der Waals surface area (Å²) in [5, 5.41) is 0.627. The number of halogens is 1. The molecular formula is C15H16ClNO. The Morgan fingerprint density at radius 1 is 1.17 bits per heavy atom. The van der Waals surface area contributed by atoms with Gasteiger partial charge in [0.25, 0.3) is 0 Å². The van der Waals surface area contributed by atoms with E-state index < -0.39 is 0 Å². The van der Waals surface area contributed by atoms with Gasteiger partial charge in [0.1, 0.15) is 11.5 Å². The quantitative estimate of drug-likeness (QED) is 0.779. The standard InChI is InChI=1S/C15H16ClNO/c1-10(2)12-5-7-15(14(16)8-12)18-13-6-4-11(3)17-9-13/h4-10H,1-3H3. The summed E-state index contributed by atoms with van der Waals surface area (Å²) in [5.41, 5.74) is 2.16. The van der Waals surface area contributed by atoms with Crippen LogP contribution in [0.2, 0.25) is 5.02 Å². The third-order valence-electron chi connectivity index (χ3n) is 2.73. The van der Waals surface area contributed by atoms with Crippen molar-refractivity contribution in [3.8, 4) is 11.5 Å². The van der Waals surface area contributed by atoms with E-state index in [0.29, 0.717) is 22.4 Å². The molecule has 0 atom stereocenters. The molecule has 0 aliphatic rings. The van der Waals surface area contributed by atoms with Crippen molar-refractivity contribution in [2.24, 2.45) is 0 Å². The van der Waals surface area contributed by atoms with E-state index in [0.717, 1.165) is 5.69 Å². The number of ether oxygens (including phenoxy) is 1. The number of hydrogen-bond acceptors (Lipinski definition) is 2. The van der Waals surface area contributed by atoms with Crippen LogP contribution in [0.15, 0.2) is 36.5 Å². The maximum atomic E-state index is 6.21. The van der Waals surface area contributed by atoms with Gasteiger partial charge in [-0.3, -0.25) is 4.98 Å². The molecule has 0 unspecified atom stereocenters. The van der Waals surface area contributed by atoms with Crippen LogP contribution in [-0.4, -0.2) is 4.98 Å². The van der Waals surface area contributed by atoms with Crippen molar-refractivity contribution in [2.75, 3.05) is 0 Å². The Morgan fingerprint density at radius 3 is 2.50 bits per heavy atom. The van der Waals surface area contributed by atoms with E-state index >= 15 is 0 Å². The normalized spacial score (nSPS) is 10.7. The van der Waals surface area contributed by atoms with Gasteiger partial charge in [0, 0.05) is 5.69 Å². The molecule has 0 saturated carbocycles. The monoisotopic (exact) mass is 261 g/mol. The van der Waals surface area contributed by atoms with Crippen molar-refractivity contribution in [1.29, 1.82) is 0 Å². The first-order chi connectivity index (χ1) is 8.56. The summed E-state index contributed by atoms with van der Waals surface area (Å²) in [6.07, 6.45) is 1.70. The van der Waals surface area contributed by atoms with E-state index in [-0.39, 0.29) is 0 Å². The summed E-state index contributed by atoms with van der Waals surface area (Å²) in [4.78, 5) is 4.18. The van der Waals surface area contributed by atoms with Crippen LogP contribution in [0.4, 0.5) is 0 Å². The molecule has 2 nitrogen and oxygen atoms in total. The Kier molecular flexibility index (Phi) is 3.87. The molecule has 0 fully saturated rings. The molecule has 18 heavy (non-hydrogen) atoms. The van der Waals surface area contributed by atoms with Crippen LogP contribution < -0.4 is 4.74 Å². The highest BCUT2D eigenvalue weighted by atomic mass is 35.5. The Hall–Kier alpha value is -1.54. The van der Waals surface area contributed by atoms with Gasteiger partial charge in [0.2, 0.25) is 0 Å². The smallest absolute Gasteiger partial charge is 0.146 e. The van der Waals surface area contributed by atoms with Crippen LogP contribution in [0.25, 0.3) is 0 Å². The lowest BCUT2D eigenvalue weighted by atomic mass is 10.0. The van der Waals surface area contributed by atoms with Crippen LogP contribution in [0.1, 0.15) is 31.0 Å². The average molecular weight is 262 g/mol. The highest BCUT2D eigenvalue weighted by molar-refractivity contribution is 6.32. The third-order valence-corrected chi connectivity index (χ3v) is 3.03. The lowest BCUT2D eigenvalue weighted by Gasteiger charge is -2.10. The van der Waals surface area contributed by atoms with E-state index in [1.54, 1.807) is 6.20 Å².